The molecule has 0 saturated carbocycles. The maximum Gasteiger partial charge on any atom is 0.253 e. The highest BCUT2D eigenvalue weighted by Gasteiger charge is 2.18. The third-order valence-corrected chi connectivity index (χ3v) is 4.20. The molecular formula is C20H24ClN3O2. The molecule has 0 aliphatic heterocycles. The number of alkyl halides is 1. The quantitative estimate of drug-likeness (QED) is 0.757. The molecule has 2 unspecified atom stereocenters. The van der Waals surface area contributed by atoms with E-state index >= 15 is 0 Å². The Morgan fingerprint density at radius 3 is 2.27 bits per heavy atom. The lowest BCUT2D eigenvalue weighted by atomic mass is 10.1. The lowest BCUT2D eigenvalue weighted by molar-refractivity contribution is -0.115. The van der Waals surface area contributed by atoms with Crippen molar-refractivity contribution in [3.05, 3.63) is 59.7 Å². The summed E-state index contributed by atoms with van der Waals surface area (Å²) in [5, 5.41) is 5.07. The summed E-state index contributed by atoms with van der Waals surface area (Å²) in [6.07, 6.45) is 0. The molecule has 2 N–H and O–H groups in total. The number of hydrogen-bond donors (Lipinski definition) is 2. The Morgan fingerprint density at radius 2 is 1.69 bits per heavy atom. The minimum absolute atomic E-state index is 0.139. The van der Waals surface area contributed by atoms with Crippen LogP contribution in [0.4, 0.5) is 11.4 Å². The van der Waals surface area contributed by atoms with Gasteiger partial charge in [-0.3, -0.25) is 9.59 Å². The minimum atomic E-state index is -0.654. The van der Waals surface area contributed by atoms with E-state index in [4.69, 9.17) is 11.6 Å². The van der Waals surface area contributed by atoms with Crippen molar-refractivity contribution in [1.82, 2.24) is 5.32 Å². The predicted molar refractivity (Wildman–Crippen MR) is 107 cm³/mol. The fourth-order valence-corrected chi connectivity index (χ4v) is 2.58. The van der Waals surface area contributed by atoms with Gasteiger partial charge >= 0.3 is 0 Å². The second-order valence-corrected chi connectivity index (χ2v) is 6.99. The van der Waals surface area contributed by atoms with Gasteiger partial charge < -0.3 is 15.5 Å². The zero-order valence-corrected chi connectivity index (χ0v) is 16.2. The third kappa shape index (κ3) is 4.99. The predicted octanol–water partition coefficient (Wildman–Crippen LogP) is 3.81. The van der Waals surface area contributed by atoms with Gasteiger partial charge in [-0.25, -0.2) is 0 Å². The van der Waals surface area contributed by atoms with Crippen LogP contribution in [0.1, 0.15) is 35.8 Å². The average molecular weight is 374 g/mol. The Bertz CT molecular complexity index is 776. The molecule has 2 aromatic rings. The Labute approximate surface area is 159 Å². The molecule has 0 aliphatic rings. The number of nitrogens with one attached hydrogen (secondary N) is 2. The smallest absolute Gasteiger partial charge is 0.253 e. The van der Waals surface area contributed by atoms with Crippen molar-refractivity contribution >= 4 is 34.8 Å². The van der Waals surface area contributed by atoms with E-state index in [1.54, 1.807) is 25.1 Å². The summed E-state index contributed by atoms with van der Waals surface area (Å²) in [5.41, 5.74) is 2.80. The summed E-state index contributed by atoms with van der Waals surface area (Å²) in [4.78, 5) is 26.5. The van der Waals surface area contributed by atoms with Crippen LogP contribution in [-0.2, 0) is 4.79 Å². The van der Waals surface area contributed by atoms with E-state index in [2.05, 4.69) is 10.6 Å². The number of halogens is 1. The van der Waals surface area contributed by atoms with Crippen LogP contribution in [0.5, 0.6) is 0 Å². The molecule has 0 bridgehead atoms. The van der Waals surface area contributed by atoms with E-state index in [-0.39, 0.29) is 17.9 Å². The maximum absolute atomic E-state index is 12.8. The molecule has 2 atom stereocenters. The molecule has 138 valence electrons. The van der Waals surface area contributed by atoms with Gasteiger partial charge in [0.15, 0.2) is 0 Å². The second-order valence-electron chi connectivity index (χ2n) is 6.34. The van der Waals surface area contributed by atoms with Crippen molar-refractivity contribution < 1.29 is 9.59 Å². The summed E-state index contributed by atoms with van der Waals surface area (Å²) in [5.74, 6) is -0.520. The monoisotopic (exact) mass is 373 g/mol. The molecule has 5 nitrogen and oxygen atoms in total. The summed E-state index contributed by atoms with van der Waals surface area (Å²) in [6, 6.07) is 14.8. The van der Waals surface area contributed by atoms with Crippen LogP contribution in [0.15, 0.2) is 48.5 Å². The van der Waals surface area contributed by atoms with Crippen molar-refractivity contribution in [2.24, 2.45) is 0 Å². The van der Waals surface area contributed by atoms with Gasteiger partial charge in [-0.1, -0.05) is 30.3 Å². The van der Waals surface area contributed by atoms with Crippen molar-refractivity contribution in [2.45, 2.75) is 25.3 Å². The van der Waals surface area contributed by atoms with Crippen molar-refractivity contribution in [3.8, 4) is 0 Å². The highest BCUT2D eigenvalue weighted by Crippen LogP contribution is 2.24. The van der Waals surface area contributed by atoms with E-state index < -0.39 is 5.38 Å². The first kappa shape index (κ1) is 19.8. The van der Waals surface area contributed by atoms with E-state index in [0.29, 0.717) is 11.3 Å². The Morgan fingerprint density at radius 1 is 1.04 bits per heavy atom. The topological polar surface area (TPSA) is 61.4 Å². The molecule has 6 heteroatoms. The fourth-order valence-electron chi connectivity index (χ4n) is 2.53. The van der Waals surface area contributed by atoms with Crippen LogP contribution in [0, 0.1) is 0 Å². The second kappa shape index (κ2) is 8.72. The normalized spacial score (nSPS) is 12.8. The van der Waals surface area contributed by atoms with Gasteiger partial charge in [0, 0.05) is 25.5 Å². The SMILES string of the molecule is CC(Cl)C(=O)Nc1ccc(N(C)C)c(C(=O)NC(C)c2ccccc2)c1. The largest absolute Gasteiger partial charge is 0.377 e. The molecule has 0 fully saturated rings. The van der Waals surface area contributed by atoms with Gasteiger partial charge in [-0.2, -0.15) is 0 Å². The first-order valence-electron chi connectivity index (χ1n) is 8.41. The summed E-state index contributed by atoms with van der Waals surface area (Å²) in [7, 11) is 3.73. The highest BCUT2D eigenvalue weighted by molar-refractivity contribution is 6.32. The van der Waals surface area contributed by atoms with Crippen LogP contribution < -0.4 is 15.5 Å². The van der Waals surface area contributed by atoms with Gasteiger partial charge in [0.2, 0.25) is 5.91 Å². The average Bonchev–Trinajstić information content (AvgIpc) is 2.61. The molecule has 0 aromatic heterocycles. The molecule has 0 saturated heterocycles. The molecule has 2 amide bonds. The maximum atomic E-state index is 12.8. The number of nitrogens with zero attached hydrogens (tertiary/aromatic N) is 1. The molecule has 0 heterocycles. The Balaban J connectivity index is 2.26. The standard InChI is InChI=1S/C20H24ClN3O2/c1-13(21)19(25)23-16-10-11-18(24(3)4)17(12-16)20(26)22-14(2)15-8-6-5-7-9-15/h5-14H,1-4H3,(H,22,26)(H,23,25). The van der Waals surface area contributed by atoms with Crippen LogP contribution in [0.2, 0.25) is 0 Å². The molecular weight excluding hydrogens is 350 g/mol. The molecule has 2 aromatic carbocycles. The van der Waals surface area contributed by atoms with Crippen molar-refractivity contribution in [2.75, 3.05) is 24.3 Å². The molecule has 2 rings (SSSR count). The van der Waals surface area contributed by atoms with Gasteiger partial charge in [-0.05, 0) is 37.6 Å². The zero-order valence-electron chi connectivity index (χ0n) is 15.4. The summed E-state index contributed by atoms with van der Waals surface area (Å²) in [6.45, 7) is 3.53. The number of carbonyl (C=O) groups is 2. The van der Waals surface area contributed by atoms with Gasteiger partial charge in [-0.15, -0.1) is 11.6 Å². The van der Waals surface area contributed by atoms with Gasteiger partial charge in [0.05, 0.1) is 11.6 Å². The lowest BCUT2D eigenvalue weighted by Gasteiger charge is -2.20. The van der Waals surface area contributed by atoms with E-state index in [1.807, 2.05) is 56.3 Å². The van der Waals surface area contributed by atoms with Crippen LogP contribution >= 0.6 is 11.6 Å². The molecule has 0 spiro atoms. The molecule has 0 aliphatic carbocycles. The minimum Gasteiger partial charge on any atom is -0.377 e. The van der Waals surface area contributed by atoms with Gasteiger partial charge in [0.25, 0.3) is 5.91 Å². The number of benzene rings is 2. The zero-order chi connectivity index (χ0) is 19.3. The number of anilines is 2. The fraction of sp³-hybridized carbons (Fsp3) is 0.300. The van der Waals surface area contributed by atoms with E-state index in [0.717, 1.165) is 11.3 Å². The molecule has 0 radical (unpaired) electrons. The Kier molecular flexibility index (Phi) is 6.64. The third-order valence-electron chi connectivity index (χ3n) is 4.00. The first-order chi connectivity index (χ1) is 12.3. The lowest BCUT2D eigenvalue weighted by Crippen LogP contribution is -2.28. The number of amides is 2. The summed E-state index contributed by atoms with van der Waals surface area (Å²) >= 11 is 5.80. The van der Waals surface area contributed by atoms with Crippen LogP contribution in [0.25, 0.3) is 0 Å². The number of carbonyl (C=O) groups excluding carboxylic acids is 2. The van der Waals surface area contributed by atoms with Crippen LogP contribution in [0.3, 0.4) is 0 Å². The summed E-state index contributed by atoms with van der Waals surface area (Å²) < 4.78 is 0. The van der Waals surface area contributed by atoms with Crippen molar-refractivity contribution in [1.29, 1.82) is 0 Å². The highest BCUT2D eigenvalue weighted by atomic mass is 35.5. The molecule has 26 heavy (non-hydrogen) atoms. The van der Waals surface area contributed by atoms with Crippen molar-refractivity contribution in [3.63, 3.8) is 0 Å². The number of hydrogen-bond acceptors (Lipinski definition) is 3. The first-order valence-corrected chi connectivity index (χ1v) is 8.85. The van der Waals surface area contributed by atoms with E-state index in [1.165, 1.54) is 0 Å². The van der Waals surface area contributed by atoms with Gasteiger partial charge in [0.1, 0.15) is 5.38 Å². The number of rotatable bonds is 6. The van der Waals surface area contributed by atoms with E-state index in [9.17, 15) is 9.59 Å². The Hall–Kier alpha value is -2.53. The van der Waals surface area contributed by atoms with Crippen LogP contribution in [-0.4, -0.2) is 31.3 Å².